The van der Waals surface area contributed by atoms with Crippen LogP contribution in [0.15, 0.2) is 66.7 Å². The Labute approximate surface area is 145 Å². The summed E-state index contributed by atoms with van der Waals surface area (Å²) in [5.74, 6) is 0. The molecule has 26 heavy (non-hydrogen) atoms. The summed E-state index contributed by atoms with van der Waals surface area (Å²) in [6.45, 7) is 0. The number of rotatable bonds is 2. The highest BCUT2D eigenvalue weighted by molar-refractivity contribution is 6.09. The van der Waals surface area contributed by atoms with Gasteiger partial charge in [-0.15, -0.1) is 0 Å². The molecule has 0 spiro atoms. The number of nitro benzene ring substituents is 1. The molecule has 0 N–H and O–H groups in total. The molecule has 0 radical (unpaired) electrons. The highest BCUT2D eigenvalue weighted by Gasteiger charge is 2.36. The second kappa shape index (κ2) is 5.59. The molecule has 0 aliphatic carbocycles. The number of aromatic nitrogens is 1. The van der Waals surface area contributed by atoms with Gasteiger partial charge >= 0.3 is 6.18 Å². The van der Waals surface area contributed by atoms with Crippen molar-refractivity contribution >= 4 is 27.5 Å². The van der Waals surface area contributed by atoms with E-state index in [1.807, 2.05) is 24.3 Å². The number of fused-ring (bicyclic) bond motifs is 3. The van der Waals surface area contributed by atoms with Gasteiger partial charge in [0.2, 0.25) is 0 Å². The summed E-state index contributed by atoms with van der Waals surface area (Å²) in [6.07, 6.45) is -4.73. The summed E-state index contributed by atoms with van der Waals surface area (Å²) in [5.41, 5.74) is -0.568. The number of para-hydroxylation sites is 2. The van der Waals surface area contributed by atoms with Crippen LogP contribution in [-0.4, -0.2) is 9.49 Å². The van der Waals surface area contributed by atoms with Crippen molar-refractivity contribution in [1.29, 1.82) is 0 Å². The Hall–Kier alpha value is -3.35. The molecule has 4 aromatic rings. The van der Waals surface area contributed by atoms with E-state index in [-0.39, 0.29) is 5.69 Å². The Morgan fingerprint density at radius 2 is 1.38 bits per heavy atom. The predicted molar refractivity (Wildman–Crippen MR) is 92.4 cm³/mol. The lowest BCUT2D eigenvalue weighted by molar-refractivity contribution is -0.385. The molecule has 1 aromatic heterocycles. The Morgan fingerprint density at radius 1 is 0.846 bits per heavy atom. The Morgan fingerprint density at radius 3 is 1.88 bits per heavy atom. The maximum atomic E-state index is 13.6. The Bertz CT molecular complexity index is 1110. The van der Waals surface area contributed by atoms with Gasteiger partial charge in [0.05, 0.1) is 27.2 Å². The largest absolute Gasteiger partial charge is 0.418 e. The molecule has 0 unspecified atom stereocenters. The van der Waals surface area contributed by atoms with Gasteiger partial charge in [0.1, 0.15) is 0 Å². The van der Waals surface area contributed by atoms with Crippen LogP contribution in [0.4, 0.5) is 18.9 Å². The van der Waals surface area contributed by atoms with Crippen molar-refractivity contribution in [3.05, 3.63) is 82.4 Å². The molecule has 0 fully saturated rings. The third kappa shape index (κ3) is 2.40. The van der Waals surface area contributed by atoms with Gasteiger partial charge in [0, 0.05) is 22.9 Å². The highest BCUT2D eigenvalue weighted by atomic mass is 19.4. The molecule has 0 amide bonds. The quantitative estimate of drug-likeness (QED) is 0.341. The average Bonchev–Trinajstić information content (AvgIpc) is 2.95. The summed E-state index contributed by atoms with van der Waals surface area (Å²) in [7, 11) is 0. The number of halogens is 3. The molecule has 0 saturated carbocycles. The third-order valence-corrected chi connectivity index (χ3v) is 4.32. The lowest BCUT2D eigenvalue weighted by atomic mass is 10.1. The number of alkyl halides is 3. The zero-order chi connectivity index (χ0) is 18.5. The van der Waals surface area contributed by atoms with Gasteiger partial charge in [0.15, 0.2) is 0 Å². The number of nitro groups is 1. The molecule has 0 atom stereocenters. The molecule has 3 aromatic carbocycles. The number of hydrogen-bond donors (Lipinski definition) is 0. The summed E-state index contributed by atoms with van der Waals surface area (Å²) in [5, 5.41) is 12.6. The standard InChI is InChI=1S/C19H11F3N2O2/c20-19(21,22)15-11-12(24(25)26)9-10-18(15)23-16-7-3-1-5-13(16)14-6-2-4-8-17(14)23/h1-11H. The average molecular weight is 356 g/mol. The first-order valence-electron chi connectivity index (χ1n) is 7.72. The second-order valence-corrected chi connectivity index (χ2v) is 5.83. The first-order valence-corrected chi connectivity index (χ1v) is 7.72. The molecule has 1 heterocycles. The van der Waals surface area contributed by atoms with Crippen LogP contribution in [0.25, 0.3) is 27.5 Å². The van der Waals surface area contributed by atoms with Crippen LogP contribution in [0, 0.1) is 10.1 Å². The van der Waals surface area contributed by atoms with Crippen molar-refractivity contribution in [2.75, 3.05) is 0 Å². The lowest BCUT2D eigenvalue weighted by Gasteiger charge is -2.15. The summed E-state index contributed by atoms with van der Waals surface area (Å²) in [4.78, 5) is 10.1. The summed E-state index contributed by atoms with van der Waals surface area (Å²) in [6, 6.07) is 17.1. The first kappa shape index (κ1) is 16.1. The van der Waals surface area contributed by atoms with Crippen LogP contribution < -0.4 is 0 Å². The van der Waals surface area contributed by atoms with E-state index >= 15 is 0 Å². The van der Waals surface area contributed by atoms with E-state index in [1.54, 1.807) is 24.3 Å². The normalized spacial score (nSPS) is 12.0. The Balaban J connectivity index is 2.15. The van der Waals surface area contributed by atoms with E-state index in [9.17, 15) is 23.3 Å². The predicted octanol–water partition coefficient (Wildman–Crippen LogP) is 5.71. The first-order chi connectivity index (χ1) is 12.4. The molecule has 0 bridgehead atoms. The van der Waals surface area contributed by atoms with Gasteiger partial charge in [0.25, 0.3) is 5.69 Å². The van der Waals surface area contributed by atoms with Crippen LogP contribution in [0.2, 0.25) is 0 Å². The number of benzene rings is 3. The molecule has 0 saturated heterocycles. The molecular formula is C19H11F3N2O2. The van der Waals surface area contributed by atoms with E-state index in [1.165, 1.54) is 4.57 Å². The van der Waals surface area contributed by atoms with Crippen molar-refractivity contribution in [3.63, 3.8) is 0 Å². The molecule has 0 aliphatic heterocycles. The van der Waals surface area contributed by atoms with Crippen LogP contribution in [-0.2, 0) is 6.18 Å². The summed E-state index contributed by atoms with van der Waals surface area (Å²) >= 11 is 0. The lowest BCUT2D eigenvalue weighted by Crippen LogP contribution is -2.11. The minimum absolute atomic E-state index is 0.138. The molecular weight excluding hydrogens is 345 g/mol. The maximum absolute atomic E-state index is 13.6. The van der Waals surface area contributed by atoms with Crippen molar-refractivity contribution in [3.8, 4) is 5.69 Å². The second-order valence-electron chi connectivity index (χ2n) is 5.83. The fourth-order valence-corrected chi connectivity index (χ4v) is 3.24. The van der Waals surface area contributed by atoms with Gasteiger partial charge in [-0.1, -0.05) is 36.4 Å². The number of nitrogens with zero attached hydrogens (tertiary/aromatic N) is 2. The topological polar surface area (TPSA) is 48.1 Å². The van der Waals surface area contributed by atoms with E-state index in [0.717, 1.165) is 22.9 Å². The van der Waals surface area contributed by atoms with E-state index in [4.69, 9.17) is 0 Å². The van der Waals surface area contributed by atoms with Gasteiger partial charge in [-0.05, 0) is 18.2 Å². The highest BCUT2D eigenvalue weighted by Crippen LogP contribution is 2.40. The maximum Gasteiger partial charge on any atom is 0.418 e. The zero-order valence-electron chi connectivity index (χ0n) is 13.2. The minimum Gasteiger partial charge on any atom is -0.309 e. The molecule has 4 nitrogen and oxygen atoms in total. The van der Waals surface area contributed by atoms with E-state index < -0.39 is 22.4 Å². The van der Waals surface area contributed by atoms with E-state index in [2.05, 4.69) is 0 Å². The van der Waals surface area contributed by atoms with Gasteiger partial charge in [-0.2, -0.15) is 13.2 Å². The molecule has 130 valence electrons. The van der Waals surface area contributed by atoms with Crippen molar-refractivity contribution in [2.24, 2.45) is 0 Å². The third-order valence-electron chi connectivity index (χ3n) is 4.32. The van der Waals surface area contributed by atoms with Crippen LogP contribution in [0.3, 0.4) is 0 Å². The minimum atomic E-state index is -4.73. The van der Waals surface area contributed by atoms with Crippen LogP contribution in [0.1, 0.15) is 5.56 Å². The van der Waals surface area contributed by atoms with Crippen molar-refractivity contribution in [2.45, 2.75) is 6.18 Å². The smallest absolute Gasteiger partial charge is 0.309 e. The fourth-order valence-electron chi connectivity index (χ4n) is 3.24. The van der Waals surface area contributed by atoms with Gasteiger partial charge in [-0.3, -0.25) is 10.1 Å². The zero-order valence-corrected chi connectivity index (χ0v) is 13.2. The van der Waals surface area contributed by atoms with Crippen LogP contribution in [0.5, 0.6) is 0 Å². The molecule has 7 heteroatoms. The summed E-state index contributed by atoms with van der Waals surface area (Å²) < 4.78 is 42.4. The van der Waals surface area contributed by atoms with Gasteiger partial charge < -0.3 is 4.57 Å². The van der Waals surface area contributed by atoms with Gasteiger partial charge in [-0.25, -0.2) is 0 Å². The van der Waals surface area contributed by atoms with E-state index in [0.29, 0.717) is 17.1 Å². The molecule has 0 aliphatic rings. The fraction of sp³-hybridized carbons (Fsp3) is 0.0526. The monoisotopic (exact) mass is 356 g/mol. The number of hydrogen-bond acceptors (Lipinski definition) is 2. The number of non-ortho nitro benzene ring substituents is 1. The van der Waals surface area contributed by atoms with Crippen molar-refractivity contribution < 1.29 is 18.1 Å². The van der Waals surface area contributed by atoms with Crippen LogP contribution >= 0.6 is 0 Å². The Kier molecular flexibility index (Phi) is 3.47. The molecule has 4 rings (SSSR count). The van der Waals surface area contributed by atoms with Crippen molar-refractivity contribution in [1.82, 2.24) is 4.57 Å². The SMILES string of the molecule is O=[N+]([O-])c1ccc(-n2c3ccccc3c3ccccc32)c(C(F)(F)F)c1.